The third-order valence-corrected chi connectivity index (χ3v) is 10.2. The fourth-order valence-corrected chi connectivity index (χ4v) is 7.99. The Kier molecular flexibility index (Phi) is 8.36. The van der Waals surface area contributed by atoms with Crippen molar-refractivity contribution in [2.24, 2.45) is 17.8 Å². The Balaban J connectivity index is 1.29. The van der Waals surface area contributed by atoms with Crippen LogP contribution < -0.4 is 9.47 Å². The summed E-state index contributed by atoms with van der Waals surface area (Å²) in [4.78, 5) is 4.71. The molecule has 0 bridgehead atoms. The van der Waals surface area contributed by atoms with Crippen molar-refractivity contribution < 1.29 is 9.47 Å². The molecule has 0 saturated carbocycles. The number of pyridine rings is 1. The van der Waals surface area contributed by atoms with Gasteiger partial charge in [0.1, 0.15) is 23.1 Å². The number of para-hydroxylation sites is 1. The number of fused-ring (bicyclic) bond motifs is 3. The van der Waals surface area contributed by atoms with Crippen molar-refractivity contribution in [3.05, 3.63) is 113 Å². The molecule has 0 radical (unpaired) electrons. The molecule has 0 saturated heterocycles. The molecular formula is C42H46N4O2. The molecule has 0 amide bonds. The number of aromatic nitrogens is 4. The summed E-state index contributed by atoms with van der Waals surface area (Å²) in [5.74, 6) is 5.21. The van der Waals surface area contributed by atoms with Gasteiger partial charge in [0, 0.05) is 52.3 Å². The lowest BCUT2D eigenvalue weighted by atomic mass is 9.67. The van der Waals surface area contributed by atoms with Crippen LogP contribution in [0.25, 0.3) is 33.3 Å². The van der Waals surface area contributed by atoms with Crippen molar-refractivity contribution in [2.45, 2.75) is 67.2 Å². The first-order valence-corrected chi connectivity index (χ1v) is 17.2. The molecule has 3 aromatic heterocycles. The molecule has 6 heteroatoms. The topological polar surface area (TPSA) is 54.1 Å². The average Bonchev–Trinajstić information content (AvgIpc) is 3.56. The number of hydrogen-bond donors (Lipinski definition) is 0. The van der Waals surface area contributed by atoms with Gasteiger partial charge in [-0.05, 0) is 93.3 Å². The summed E-state index contributed by atoms with van der Waals surface area (Å²) in [7, 11) is 1.68. The van der Waals surface area contributed by atoms with E-state index in [1.54, 1.807) is 18.9 Å². The van der Waals surface area contributed by atoms with Gasteiger partial charge in [0.05, 0.1) is 29.5 Å². The van der Waals surface area contributed by atoms with Gasteiger partial charge >= 0.3 is 0 Å². The maximum atomic E-state index is 6.64. The van der Waals surface area contributed by atoms with Gasteiger partial charge in [0.25, 0.3) is 0 Å². The first kappa shape index (κ1) is 31.7. The normalized spacial score (nSPS) is 16.7. The molecule has 1 aliphatic rings. The highest BCUT2D eigenvalue weighted by atomic mass is 16.5. The largest absolute Gasteiger partial charge is 0.497 e. The lowest BCUT2D eigenvalue weighted by Crippen LogP contribution is -2.26. The number of benzene rings is 3. The fourth-order valence-electron chi connectivity index (χ4n) is 7.99. The van der Waals surface area contributed by atoms with Crippen LogP contribution in [-0.4, -0.2) is 26.4 Å². The van der Waals surface area contributed by atoms with E-state index in [0.717, 1.165) is 61.8 Å². The second-order valence-electron chi connectivity index (χ2n) is 14.0. The zero-order valence-electron chi connectivity index (χ0n) is 29.4. The van der Waals surface area contributed by atoms with Crippen molar-refractivity contribution in [1.82, 2.24) is 19.3 Å². The quantitative estimate of drug-likeness (QED) is 0.156. The van der Waals surface area contributed by atoms with Crippen LogP contribution in [0.5, 0.6) is 17.2 Å². The van der Waals surface area contributed by atoms with E-state index >= 15 is 0 Å². The Morgan fingerprint density at radius 2 is 1.60 bits per heavy atom. The SMILES string of the molecule is COc1ccnc(-n2c3ccccc3c3ccc(Oc4cc(C)cc(-n5nc(C)c(C6C(C(C)C)=CCC[C@@H]6C(C)C)c5C)c4)cc32)c1. The molecule has 48 heavy (non-hydrogen) atoms. The van der Waals surface area contributed by atoms with Gasteiger partial charge in [-0.3, -0.25) is 4.57 Å². The predicted molar refractivity (Wildman–Crippen MR) is 196 cm³/mol. The summed E-state index contributed by atoms with van der Waals surface area (Å²) < 4.78 is 16.5. The summed E-state index contributed by atoms with van der Waals surface area (Å²) in [5, 5.41) is 7.47. The highest BCUT2D eigenvalue weighted by Gasteiger charge is 2.36. The zero-order chi connectivity index (χ0) is 33.7. The first-order chi connectivity index (χ1) is 23.1. The molecule has 246 valence electrons. The molecule has 1 aliphatic carbocycles. The van der Waals surface area contributed by atoms with E-state index in [0.29, 0.717) is 23.7 Å². The minimum Gasteiger partial charge on any atom is -0.497 e. The summed E-state index contributed by atoms with van der Waals surface area (Å²) >= 11 is 0. The molecule has 3 heterocycles. The summed E-state index contributed by atoms with van der Waals surface area (Å²) in [5.41, 5.74) is 9.52. The number of methoxy groups -OCH3 is 1. The number of aryl methyl sites for hydroxylation is 2. The second-order valence-corrected chi connectivity index (χ2v) is 14.0. The van der Waals surface area contributed by atoms with E-state index in [1.807, 2.05) is 12.1 Å². The highest BCUT2D eigenvalue weighted by Crippen LogP contribution is 2.47. The second kappa shape index (κ2) is 12.6. The van der Waals surface area contributed by atoms with Gasteiger partial charge in [-0.1, -0.05) is 57.5 Å². The van der Waals surface area contributed by atoms with Crippen molar-refractivity contribution in [3.63, 3.8) is 0 Å². The van der Waals surface area contributed by atoms with E-state index in [4.69, 9.17) is 19.6 Å². The fraction of sp³-hybridized carbons (Fsp3) is 0.333. The molecule has 0 aliphatic heterocycles. The molecule has 2 atom stereocenters. The molecule has 0 spiro atoms. The third-order valence-electron chi connectivity index (χ3n) is 10.2. The third kappa shape index (κ3) is 5.57. The van der Waals surface area contributed by atoms with Crippen LogP contribution in [0.4, 0.5) is 0 Å². The summed E-state index contributed by atoms with van der Waals surface area (Å²) in [6.07, 6.45) is 6.68. The molecule has 6 nitrogen and oxygen atoms in total. The number of hydrogen-bond acceptors (Lipinski definition) is 4. The van der Waals surface area contributed by atoms with Gasteiger partial charge in [-0.25, -0.2) is 9.67 Å². The Bertz CT molecular complexity index is 2170. The minimum absolute atomic E-state index is 0.394. The Morgan fingerprint density at radius 1 is 0.812 bits per heavy atom. The van der Waals surface area contributed by atoms with Crippen LogP contribution in [-0.2, 0) is 0 Å². The average molecular weight is 639 g/mol. The van der Waals surface area contributed by atoms with E-state index in [1.165, 1.54) is 24.1 Å². The van der Waals surface area contributed by atoms with Crippen LogP contribution in [0, 0.1) is 38.5 Å². The van der Waals surface area contributed by atoms with Gasteiger partial charge in [0.2, 0.25) is 0 Å². The van der Waals surface area contributed by atoms with Gasteiger partial charge in [-0.2, -0.15) is 5.10 Å². The van der Waals surface area contributed by atoms with Crippen molar-refractivity contribution >= 4 is 21.8 Å². The van der Waals surface area contributed by atoms with E-state index in [-0.39, 0.29) is 0 Å². The van der Waals surface area contributed by atoms with Crippen LogP contribution in [0.15, 0.2) is 90.6 Å². The minimum atomic E-state index is 0.394. The monoisotopic (exact) mass is 638 g/mol. The molecule has 1 unspecified atom stereocenters. The van der Waals surface area contributed by atoms with E-state index in [9.17, 15) is 0 Å². The van der Waals surface area contributed by atoms with Crippen LogP contribution in [0.1, 0.15) is 69.0 Å². The van der Waals surface area contributed by atoms with Gasteiger partial charge in [-0.15, -0.1) is 0 Å². The van der Waals surface area contributed by atoms with E-state index < -0.39 is 0 Å². The number of nitrogens with zero attached hydrogens (tertiary/aromatic N) is 4. The summed E-state index contributed by atoms with van der Waals surface area (Å²) in [6, 6.07) is 24.9. The number of allylic oxidation sites excluding steroid dienone is 2. The van der Waals surface area contributed by atoms with Crippen LogP contribution in [0.2, 0.25) is 0 Å². The van der Waals surface area contributed by atoms with Crippen LogP contribution >= 0.6 is 0 Å². The first-order valence-electron chi connectivity index (χ1n) is 17.2. The predicted octanol–water partition coefficient (Wildman–Crippen LogP) is 10.8. The van der Waals surface area contributed by atoms with Gasteiger partial charge in [0.15, 0.2) is 0 Å². The standard InChI is InChI=1S/C42H46N4O2/c1-25(2)34-13-11-14-35(26(3)4)42(34)41-28(6)44-46(29(41)7)30-20-27(5)21-33(22-30)48-32-16-17-37-36-12-9-10-15-38(36)45(39(37)23-32)40-24-31(47-8)18-19-43-40/h9-10,12-13,15-26,35,42H,11,14H2,1-8H3/t35-,42?/m1/s1. The summed E-state index contributed by atoms with van der Waals surface area (Å²) in [6.45, 7) is 16.0. The molecule has 6 aromatic rings. The molecule has 3 aromatic carbocycles. The Labute approximate surface area is 284 Å². The molecule has 0 N–H and O–H groups in total. The Morgan fingerprint density at radius 3 is 2.38 bits per heavy atom. The number of ether oxygens (including phenoxy) is 2. The van der Waals surface area contributed by atoms with Crippen molar-refractivity contribution in [2.75, 3.05) is 7.11 Å². The maximum absolute atomic E-state index is 6.64. The number of rotatable bonds is 8. The zero-order valence-corrected chi connectivity index (χ0v) is 29.4. The molecule has 0 fully saturated rings. The lowest BCUT2D eigenvalue weighted by molar-refractivity contribution is 0.297. The smallest absolute Gasteiger partial charge is 0.141 e. The molecular weight excluding hydrogens is 592 g/mol. The van der Waals surface area contributed by atoms with Crippen molar-refractivity contribution in [1.29, 1.82) is 0 Å². The highest BCUT2D eigenvalue weighted by molar-refractivity contribution is 6.09. The Hall–Kier alpha value is -4.84. The van der Waals surface area contributed by atoms with E-state index in [2.05, 4.69) is 124 Å². The van der Waals surface area contributed by atoms with Crippen LogP contribution in [0.3, 0.4) is 0 Å². The van der Waals surface area contributed by atoms with Crippen molar-refractivity contribution in [3.8, 4) is 28.8 Å². The van der Waals surface area contributed by atoms with Gasteiger partial charge < -0.3 is 9.47 Å². The molecule has 7 rings (SSSR count). The lowest BCUT2D eigenvalue weighted by Gasteiger charge is -2.37. The maximum Gasteiger partial charge on any atom is 0.141 e.